The molecule has 2 saturated heterocycles. The van der Waals surface area contributed by atoms with Crippen LogP contribution in [0, 0.1) is 11.8 Å². The molecule has 6 rings (SSSR count). The number of para-hydroxylation sites is 2. The molecule has 0 spiro atoms. The lowest BCUT2D eigenvalue weighted by Crippen LogP contribution is -2.58. The molecule has 4 fully saturated rings. The Morgan fingerprint density at radius 3 is 2.30 bits per heavy atom. The zero-order valence-electron chi connectivity index (χ0n) is 23.8. The van der Waals surface area contributed by atoms with E-state index in [9.17, 15) is 14.8 Å². The maximum atomic E-state index is 14.1. The lowest BCUT2D eigenvalue weighted by atomic mass is 9.73. The number of benzene rings is 1. The Morgan fingerprint density at radius 2 is 1.62 bits per heavy atom. The van der Waals surface area contributed by atoms with Gasteiger partial charge in [-0.2, -0.15) is 0 Å². The van der Waals surface area contributed by atoms with E-state index in [1.54, 1.807) is 6.92 Å². The van der Waals surface area contributed by atoms with Crippen LogP contribution in [0.2, 0.25) is 0 Å². The maximum absolute atomic E-state index is 14.1. The first-order valence-electron chi connectivity index (χ1n) is 15.7. The van der Waals surface area contributed by atoms with Gasteiger partial charge in [0.2, 0.25) is 0 Å². The van der Waals surface area contributed by atoms with E-state index in [4.69, 9.17) is 4.74 Å². The number of oxime groups is 1. The van der Waals surface area contributed by atoms with E-state index in [2.05, 4.69) is 15.0 Å². The van der Waals surface area contributed by atoms with Crippen molar-refractivity contribution in [1.29, 1.82) is 0 Å². The fourth-order valence-electron chi connectivity index (χ4n) is 8.68. The summed E-state index contributed by atoms with van der Waals surface area (Å²) in [7, 11) is 0. The van der Waals surface area contributed by atoms with Gasteiger partial charge in [-0.3, -0.25) is 14.5 Å². The van der Waals surface area contributed by atoms with Crippen molar-refractivity contribution in [3.8, 4) is 0 Å². The van der Waals surface area contributed by atoms with Crippen LogP contribution >= 0.6 is 0 Å². The molecule has 40 heavy (non-hydrogen) atoms. The van der Waals surface area contributed by atoms with Crippen molar-refractivity contribution in [2.45, 2.75) is 121 Å². The number of nitrogens with zero attached hydrogens (tertiary/aromatic N) is 4. The fourth-order valence-corrected chi connectivity index (χ4v) is 8.68. The van der Waals surface area contributed by atoms with Crippen LogP contribution in [0.25, 0.3) is 11.0 Å². The lowest BCUT2D eigenvalue weighted by molar-refractivity contribution is -0.142. The second kappa shape index (κ2) is 12.0. The highest BCUT2D eigenvalue weighted by atomic mass is 16.5. The van der Waals surface area contributed by atoms with E-state index >= 15 is 0 Å². The van der Waals surface area contributed by atoms with Crippen molar-refractivity contribution in [2.75, 3.05) is 6.61 Å². The molecule has 1 aromatic heterocycles. The number of ether oxygens (including phenoxy) is 1. The summed E-state index contributed by atoms with van der Waals surface area (Å²) in [5.74, 6) is 1.40. The van der Waals surface area contributed by atoms with Gasteiger partial charge >= 0.3 is 5.97 Å². The third kappa shape index (κ3) is 5.44. The average Bonchev–Trinajstić information content (AvgIpc) is 3.12. The van der Waals surface area contributed by atoms with Gasteiger partial charge in [-0.25, -0.2) is 4.98 Å². The molecule has 3 heterocycles. The predicted octanol–water partition coefficient (Wildman–Crippen LogP) is 5.84. The SMILES string of the molecule is CCOC(=O)CCC(=NO)c1nc2ccccc2n(C2CC3CCC[C@H](C2)N3C2CC3CCCCC(C3)C2)c1=O. The second-order valence-electron chi connectivity index (χ2n) is 12.7. The standard InChI is InChI=1S/C32H44N4O4/c1-2-40-30(37)15-14-28(34-39)31-32(38)36(29-13-6-5-12-27(29)33-31)26-19-23-10-7-11-24(20-26)35(23)25-17-21-8-3-4-9-22(16-21)18-25/h5-6,12-13,21-26,39H,2-4,7-11,14-20H2,1H3/t21?,22?,23-,24?,25?,26?/m1/s1. The normalized spacial score (nSPS) is 31.1. The third-order valence-corrected chi connectivity index (χ3v) is 10.2. The Bertz CT molecular complexity index is 1280. The van der Waals surface area contributed by atoms with Gasteiger partial charge in [-0.15, -0.1) is 0 Å². The molecule has 2 saturated carbocycles. The molecule has 1 aromatic carbocycles. The number of carbonyl (C=O) groups excluding carboxylic acids is 1. The maximum Gasteiger partial charge on any atom is 0.306 e. The first-order valence-corrected chi connectivity index (χ1v) is 15.7. The average molecular weight is 549 g/mol. The molecule has 216 valence electrons. The fraction of sp³-hybridized carbons (Fsp3) is 0.688. The molecule has 2 aromatic rings. The summed E-state index contributed by atoms with van der Waals surface area (Å²) in [4.78, 5) is 33.7. The highest BCUT2D eigenvalue weighted by Gasteiger charge is 2.45. The third-order valence-electron chi connectivity index (χ3n) is 10.2. The number of fused-ring (bicyclic) bond motifs is 5. The van der Waals surface area contributed by atoms with Crippen molar-refractivity contribution in [1.82, 2.24) is 14.5 Å². The number of rotatable bonds is 7. The quantitative estimate of drug-likeness (QED) is 0.202. The van der Waals surface area contributed by atoms with Gasteiger partial charge in [-0.05, 0) is 75.8 Å². The number of esters is 1. The zero-order valence-corrected chi connectivity index (χ0v) is 23.8. The van der Waals surface area contributed by atoms with Gasteiger partial charge in [0.05, 0.1) is 24.1 Å². The van der Waals surface area contributed by atoms with Crippen LogP contribution in [0.4, 0.5) is 0 Å². The highest BCUT2D eigenvalue weighted by Crippen LogP contribution is 2.47. The Morgan fingerprint density at radius 1 is 0.925 bits per heavy atom. The molecule has 4 unspecified atom stereocenters. The smallest absolute Gasteiger partial charge is 0.306 e. The summed E-state index contributed by atoms with van der Waals surface area (Å²) >= 11 is 0. The summed E-state index contributed by atoms with van der Waals surface area (Å²) in [6, 6.07) is 9.53. The van der Waals surface area contributed by atoms with Gasteiger partial charge in [0.15, 0.2) is 5.69 Å². The van der Waals surface area contributed by atoms with Crippen LogP contribution in [0.5, 0.6) is 0 Å². The van der Waals surface area contributed by atoms with Crippen molar-refractivity contribution in [2.24, 2.45) is 17.0 Å². The first-order chi connectivity index (χ1) is 19.6. The molecular weight excluding hydrogens is 504 g/mol. The Kier molecular flexibility index (Phi) is 8.24. The summed E-state index contributed by atoms with van der Waals surface area (Å²) < 4.78 is 6.98. The second-order valence-corrected chi connectivity index (χ2v) is 12.7. The zero-order chi connectivity index (χ0) is 27.6. The van der Waals surface area contributed by atoms with Crippen LogP contribution in [-0.2, 0) is 9.53 Å². The van der Waals surface area contributed by atoms with Gasteiger partial charge in [0.25, 0.3) is 5.56 Å². The van der Waals surface area contributed by atoms with Crippen molar-refractivity contribution in [3.05, 3.63) is 40.3 Å². The molecule has 2 aliphatic carbocycles. The molecule has 4 bridgehead atoms. The van der Waals surface area contributed by atoms with E-state index in [1.807, 2.05) is 28.8 Å². The summed E-state index contributed by atoms with van der Waals surface area (Å²) in [5, 5.41) is 13.3. The monoisotopic (exact) mass is 548 g/mol. The minimum absolute atomic E-state index is 0.0348. The van der Waals surface area contributed by atoms with Crippen LogP contribution in [-0.4, -0.2) is 56.1 Å². The Balaban J connectivity index is 1.30. The first kappa shape index (κ1) is 27.4. The molecule has 2 aliphatic heterocycles. The van der Waals surface area contributed by atoms with Gasteiger partial charge < -0.3 is 14.5 Å². The van der Waals surface area contributed by atoms with E-state index < -0.39 is 0 Å². The Labute approximate surface area is 236 Å². The van der Waals surface area contributed by atoms with Crippen molar-refractivity contribution < 1.29 is 14.7 Å². The summed E-state index contributed by atoms with van der Waals surface area (Å²) in [6.07, 6.45) is 15.5. The number of carbonyl (C=O) groups is 1. The van der Waals surface area contributed by atoms with E-state index in [1.165, 1.54) is 64.2 Å². The number of hydrogen-bond acceptors (Lipinski definition) is 7. The molecule has 4 aliphatic rings. The molecule has 5 atom stereocenters. The minimum atomic E-state index is -0.382. The lowest BCUT2D eigenvalue weighted by Gasteiger charge is -2.54. The van der Waals surface area contributed by atoms with Gasteiger partial charge in [-0.1, -0.05) is 49.4 Å². The molecule has 1 N–H and O–H groups in total. The molecule has 0 amide bonds. The topological polar surface area (TPSA) is 97.0 Å². The molecule has 8 nitrogen and oxygen atoms in total. The van der Waals surface area contributed by atoms with Gasteiger partial charge in [0, 0.05) is 30.6 Å². The highest BCUT2D eigenvalue weighted by molar-refractivity contribution is 6.00. The predicted molar refractivity (Wildman–Crippen MR) is 155 cm³/mol. The Hall–Kier alpha value is -2.74. The van der Waals surface area contributed by atoms with Crippen LogP contribution in [0.15, 0.2) is 34.2 Å². The van der Waals surface area contributed by atoms with Crippen LogP contribution in [0.1, 0.15) is 109 Å². The van der Waals surface area contributed by atoms with Crippen LogP contribution < -0.4 is 5.56 Å². The van der Waals surface area contributed by atoms with Crippen molar-refractivity contribution >= 4 is 22.7 Å². The van der Waals surface area contributed by atoms with Crippen LogP contribution in [0.3, 0.4) is 0 Å². The number of aromatic nitrogens is 2. The molecule has 8 heteroatoms. The number of piperidine rings is 2. The molecule has 0 radical (unpaired) electrons. The summed E-state index contributed by atoms with van der Waals surface area (Å²) in [6.45, 7) is 2.04. The number of hydrogen-bond donors (Lipinski definition) is 1. The van der Waals surface area contributed by atoms with Gasteiger partial charge in [0.1, 0.15) is 5.71 Å². The van der Waals surface area contributed by atoms with Crippen molar-refractivity contribution in [3.63, 3.8) is 0 Å². The van der Waals surface area contributed by atoms with E-state index in [-0.39, 0.29) is 48.4 Å². The van der Waals surface area contributed by atoms with E-state index in [0.29, 0.717) is 23.6 Å². The summed E-state index contributed by atoms with van der Waals surface area (Å²) in [5.41, 5.74) is 1.59. The largest absolute Gasteiger partial charge is 0.466 e. The minimum Gasteiger partial charge on any atom is -0.466 e. The van der Waals surface area contributed by atoms with E-state index in [0.717, 1.165) is 30.2 Å². The molecular formula is C32H44N4O4.